The highest BCUT2D eigenvalue weighted by Crippen LogP contribution is 2.35. The average Bonchev–Trinajstić information content (AvgIpc) is 2.97. The summed E-state index contributed by atoms with van der Waals surface area (Å²) in [4.78, 5) is 23.4. The van der Waals surface area contributed by atoms with E-state index in [1.54, 1.807) is 75.4 Å². The Bertz CT molecular complexity index is 1490. The van der Waals surface area contributed by atoms with Crippen LogP contribution in [0, 0.1) is 5.82 Å². The van der Waals surface area contributed by atoms with Crippen molar-refractivity contribution in [3.05, 3.63) is 103 Å². The molecule has 3 aromatic carbocycles. The van der Waals surface area contributed by atoms with Crippen molar-refractivity contribution < 1.29 is 42.8 Å². The van der Waals surface area contributed by atoms with Crippen molar-refractivity contribution in [2.24, 2.45) is 0 Å². The lowest BCUT2D eigenvalue weighted by Crippen LogP contribution is -2.17. The van der Waals surface area contributed by atoms with Crippen molar-refractivity contribution in [2.75, 3.05) is 26.4 Å². The van der Waals surface area contributed by atoms with E-state index in [1.807, 2.05) is 0 Å². The van der Waals surface area contributed by atoms with E-state index in [0.717, 1.165) is 5.56 Å². The van der Waals surface area contributed by atoms with Gasteiger partial charge in [-0.3, -0.25) is 0 Å². The van der Waals surface area contributed by atoms with Crippen molar-refractivity contribution >= 4 is 11.9 Å². The number of benzene rings is 3. The van der Waals surface area contributed by atoms with Gasteiger partial charge in [-0.25, -0.2) is 14.0 Å². The molecule has 3 aromatic rings. The summed E-state index contributed by atoms with van der Waals surface area (Å²) >= 11 is 0. The maximum atomic E-state index is 15.4. The van der Waals surface area contributed by atoms with Crippen molar-refractivity contribution in [3.63, 3.8) is 0 Å². The second kappa shape index (κ2) is 15.5. The van der Waals surface area contributed by atoms with Gasteiger partial charge in [0, 0.05) is 16.7 Å². The molecule has 9 heteroatoms. The molecular formula is C34H35FO8. The number of esters is 2. The molecule has 0 aliphatic rings. The molecule has 226 valence electrons. The van der Waals surface area contributed by atoms with Crippen LogP contribution in [0.2, 0.25) is 0 Å². The van der Waals surface area contributed by atoms with Crippen LogP contribution in [0.3, 0.4) is 0 Å². The van der Waals surface area contributed by atoms with Crippen LogP contribution in [0.4, 0.5) is 4.39 Å². The average molecular weight is 591 g/mol. The smallest absolute Gasteiger partial charge is 0.338 e. The summed E-state index contributed by atoms with van der Waals surface area (Å²) in [7, 11) is 0. The van der Waals surface area contributed by atoms with Crippen LogP contribution in [0.1, 0.15) is 20.8 Å². The van der Waals surface area contributed by atoms with Crippen LogP contribution in [0.25, 0.3) is 22.3 Å². The highest BCUT2D eigenvalue weighted by molar-refractivity contribution is 5.89. The Labute approximate surface area is 250 Å². The summed E-state index contributed by atoms with van der Waals surface area (Å²) in [6.07, 6.45) is -1.10. The van der Waals surface area contributed by atoms with Crippen LogP contribution in [-0.2, 0) is 19.1 Å². The van der Waals surface area contributed by atoms with Crippen LogP contribution < -0.4 is 14.2 Å². The zero-order chi connectivity index (χ0) is 31.5. The van der Waals surface area contributed by atoms with Crippen LogP contribution >= 0.6 is 0 Å². The first-order valence-corrected chi connectivity index (χ1v) is 13.4. The molecule has 0 radical (unpaired) electrons. The third kappa shape index (κ3) is 9.66. The fourth-order valence-corrected chi connectivity index (χ4v) is 3.61. The molecule has 0 fully saturated rings. The van der Waals surface area contributed by atoms with E-state index in [4.69, 9.17) is 23.7 Å². The van der Waals surface area contributed by atoms with E-state index in [1.165, 1.54) is 6.07 Å². The summed E-state index contributed by atoms with van der Waals surface area (Å²) in [5, 5.41) is 9.74. The first kappa shape index (κ1) is 32.8. The fraction of sp³-hybridized carbons (Fsp3) is 0.235. The van der Waals surface area contributed by atoms with E-state index >= 15 is 4.39 Å². The number of rotatable bonds is 15. The molecule has 8 nitrogen and oxygen atoms in total. The standard InChI is InChI=1S/C34H35FO8/c1-21(2)32(36)41-17-15-39-30-14-10-26(20-31(30)40-16-18-42-33(37)22(3)4)28-13-9-25(19-29(28)35)24-7-11-27(12-8-24)43-34(38)23(5)6/h7-14,19-20,32,36H,1,3,5,15-18H2,2,4,6H3. The molecule has 0 amide bonds. The molecule has 0 bridgehead atoms. The van der Waals surface area contributed by atoms with Crippen molar-refractivity contribution in [1.82, 2.24) is 0 Å². The minimum atomic E-state index is -1.10. The highest BCUT2D eigenvalue weighted by Gasteiger charge is 2.14. The van der Waals surface area contributed by atoms with Crippen molar-refractivity contribution in [3.8, 4) is 39.5 Å². The number of aliphatic hydroxyl groups is 1. The van der Waals surface area contributed by atoms with E-state index in [2.05, 4.69) is 19.7 Å². The maximum Gasteiger partial charge on any atom is 0.338 e. The number of ether oxygens (including phenoxy) is 5. The summed E-state index contributed by atoms with van der Waals surface area (Å²) < 4.78 is 42.6. The fourth-order valence-electron chi connectivity index (χ4n) is 3.61. The van der Waals surface area contributed by atoms with Crippen LogP contribution in [0.15, 0.2) is 97.1 Å². The van der Waals surface area contributed by atoms with Crippen molar-refractivity contribution in [1.29, 1.82) is 0 Å². The van der Waals surface area contributed by atoms with E-state index in [-0.39, 0.29) is 37.6 Å². The lowest BCUT2D eigenvalue weighted by molar-refractivity contribution is -0.139. The number of hydrogen-bond donors (Lipinski definition) is 1. The normalized spacial score (nSPS) is 11.3. The summed E-state index contributed by atoms with van der Waals surface area (Å²) in [5.74, 6) is -0.512. The third-order valence-corrected chi connectivity index (χ3v) is 5.93. The van der Waals surface area contributed by atoms with Gasteiger partial charge < -0.3 is 28.8 Å². The molecule has 1 N–H and O–H groups in total. The Morgan fingerprint density at radius 3 is 1.98 bits per heavy atom. The Hall–Kier alpha value is -4.73. The lowest BCUT2D eigenvalue weighted by Gasteiger charge is -2.16. The Morgan fingerprint density at radius 1 is 0.744 bits per heavy atom. The van der Waals surface area contributed by atoms with E-state index in [0.29, 0.717) is 39.5 Å². The maximum absolute atomic E-state index is 15.4. The number of carbonyl (C=O) groups is 2. The lowest BCUT2D eigenvalue weighted by atomic mass is 9.99. The Morgan fingerprint density at radius 2 is 1.35 bits per heavy atom. The van der Waals surface area contributed by atoms with Gasteiger partial charge in [0.05, 0.1) is 6.61 Å². The molecule has 0 heterocycles. The minimum absolute atomic E-state index is 0.0167. The first-order valence-electron chi connectivity index (χ1n) is 13.4. The molecule has 0 aliphatic heterocycles. The van der Waals surface area contributed by atoms with Crippen LogP contribution in [0.5, 0.6) is 17.2 Å². The van der Waals surface area contributed by atoms with Gasteiger partial charge in [-0.15, -0.1) is 0 Å². The van der Waals surface area contributed by atoms with E-state index < -0.39 is 24.0 Å². The van der Waals surface area contributed by atoms with Gasteiger partial charge in [0.25, 0.3) is 0 Å². The van der Waals surface area contributed by atoms with Gasteiger partial charge in [0.2, 0.25) is 0 Å². The number of aliphatic hydroxyl groups excluding tert-OH is 1. The second-order valence-corrected chi connectivity index (χ2v) is 9.73. The van der Waals surface area contributed by atoms with Gasteiger partial charge in [0.1, 0.15) is 31.4 Å². The van der Waals surface area contributed by atoms with Crippen molar-refractivity contribution in [2.45, 2.75) is 27.1 Å². The van der Waals surface area contributed by atoms with Gasteiger partial charge in [0.15, 0.2) is 17.8 Å². The highest BCUT2D eigenvalue weighted by atomic mass is 19.1. The molecular weight excluding hydrogens is 555 g/mol. The number of carbonyl (C=O) groups excluding carboxylic acids is 2. The molecule has 0 aromatic heterocycles. The summed E-state index contributed by atoms with van der Waals surface area (Å²) in [6, 6.07) is 16.5. The van der Waals surface area contributed by atoms with Gasteiger partial charge in [-0.1, -0.05) is 50.1 Å². The molecule has 1 unspecified atom stereocenters. The molecule has 0 aliphatic carbocycles. The Kier molecular flexibility index (Phi) is 11.8. The number of halogens is 1. The minimum Gasteiger partial charge on any atom is -0.487 e. The Balaban J connectivity index is 1.78. The van der Waals surface area contributed by atoms with Crippen LogP contribution in [-0.4, -0.2) is 49.8 Å². The quantitative estimate of drug-likeness (QED) is 0.0540. The van der Waals surface area contributed by atoms with Gasteiger partial charge >= 0.3 is 11.9 Å². The largest absolute Gasteiger partial charge is 0.487 e. The molecule has 1 atom stereocenters. The summed E-state index contributed by atoms with van der Waals surface area (Å²) in [6.45, 7) is 15.6. The molecule has 0 spiro atoms. The van der Waals surface area contributed by atoms with Gasteiger partial charge in [-0.2, -0.15) is 0 Å². The SMILES string of the molecule is C=C(C)C(=O)OCCOc1cc(-c2ccc(-c3ccc(OC(=O)C(=C)C)cc3)cc2F)ccc1OCCOC(O)C(=C)C. The van der Waals surface area contributed by atoms with Gasteiger partial charge in [-0.05, 0) is 73.4 Å². The predicted molar refractivity (Wildman–Crippen MR) is 161 cm³/mol. The molecule has 3 rings (SSSR count). The molecule has 43 heavy (non-hydrogen) atoms. The third-order valence-electron chi connectivity index (χ3n) is 5.93. The topological polar surface area (TPSA) is 101 Å². The number of hydrogen-bond acceptors (Lipinski definition) is 8. The van der Waals surface area contributed by atoms with E-state index in [9.17, 15) is 14.7 Å². The second-order valence-electron chi connectivity index (χ2n) is 9.73. The predicted octanol–water partition coefficient (Wildman–Crippen LogP) is 6.43. The molecule has 0 saturated heterocycles. The zero-order valence-corrected chi connectivity index (χ0v) is 24.5. The zero-order valence-electron chi connectivity index (χ0n) is 24.5. The molecule has 0 saturated carbocycles. The first-order chi connectivity index (χ1) is 20.5. The monoisotopic (exact) mass is 590 g/mol. The summed E-state index contributed by atoms with van der Waals surface area (Å²) in [5.41, 5.74) is 3.24.